The highest BCUT2D eigenvalue weighted by molar-refractivity contribution is 5.96. The standard InChI is InChI=1S/C20H21NO4/c1-25-17-9-10-18-16(13-17)4-2-3-11-21(18)19(22)12-14-5-7-15(8-6-14)20(23)24/h5-10,13H,2-4,11-12H2,1H3,(H,23,24). The van der Waals surface area contributed by atoms with Crippen molar-refractivity contribution in [2.75, 3.05) is 18.6 Å². The number of carboxylic acid groups (broad SMARTS) is 1. The molecule has 130 valence electrons. The fraction of sp³-hybridized carbons (Fsp3) is 0.300. The summed E-state index contributed by atoms with van der Waals surface area (Å²) < 4.78 is 5.29. The fourth-order valence-corrected chi connectivity index (χ4v) is 3.15. The molecule has 5 nitrogen and oxygen atoms in total. The topological polar surface area (TPSA) is 66.8 Å². The van der Waals surface area contributed by atoms with Gasteiger partial charge in [-0.25, -0.2) is 4.79 Å². The monoisotopic (exact) mass is 339 g/mol. The molecule has 0 atom stereocenters. The highest BCUT2D eigenvalue weighted by Gasteiger charge is 2.21. The van der Waals surface area contributed by atoms with Gasteiger partial charge in [-0.2, -0.15) is 0 Å². The second-order valence-corrected chi connectivity index (χ2v) is 6.18. The number of hydrogen-bond acceptors (Lipinski definition) is 3. The summed E-state index contributed by atoms with van der Waals surface area (Å²) in [5.41, 5.74) is 3.12. The summed E-state index contributed by atoms with van der Waals surface area (Å²) in [6, 6.07) is 12.3. The molecule has 5 heteroatoms. The Morgan fingerprint density at radius 2 is 1.88 bits per heavy atom. The molecule has 3 rings (SSSR count). The molecule has 1 amide bonds. The maximum atomic E-state index is 12.8. The van der Waals surface area contributed by atoms with Crippen LogP contribution in [0.2, 0.25) is 0 Å². The van der Waals surface area contributed by atoms with Crippen LogP contribution < -0.4 is 9.64 Å². The van der Waals surface area contributed by atoms with Crippen LogP contribution in [0.1, 0.15) is 34.3 Å². The van der Waals surface area contributed by atoms with Gasteiger partial charge in [0.2, 0.25) is 5.91 Å². The van der Waals surface area contributed by atoms with E-state index in [2.05, 4.69) is 0 Å². The molecule has 2 aromatic carbocycles. The average Bonchev–Trinajstić information content (AvgIpc) is 2.83. The summed E-state index contributed by atoms with van der Waals surface area (Å²) in [6.45, 7) is 0.700. The average molecular weight is 339 g/mol. The van der Waals surface area contributed by atoms with Crippen molar-refractivity contribution in [1.29, 1.82) is 0 Å². The normalized spacial score (nSPS) is 13.7. The third-order valence-electron chi connectivity index (χ3n) is 4.51. The Hall–Kier alpha value is -2.82. The molecule has 0 unspecified atom stereocenters. The Morgan fingerprint density at radius 1 is 1.12 bits per heavy atom. The maximum Gasteiger partial charge on any atom is 0.335 e. The molecule has 1 aliphatic rings. The van der Waals surface area contributed by atoms with Crippen LogP contribution in [0.5, 0.6) is 5.75 Å². The molecule has 1 N–H and O–H groups in total. The van der Waals surface area contributed by atoms with E-state index in [0.717, 1.165) is 41.8 Å². The molecule has 0 saturated carbocycles. The minimum absolute atomic E-state index is 0.0244. The molecular formula is C20H21NO4. The Balaban J connectivity index is 1.81. The summed E-state index contributed by atoms with van der Waals surface area (Å²) in [5.74, 6) is -0.137. The molecule has 0 aromatic heterocycles. The molecule has 2 aromatic rings. The third kappa shape index (κ3) is 3.82. The van der Waals surface area contributed by atoms with E-state index >= 15 is 0 Å². The van der Waals surface area contributed by atoms with Crippen LogP contribution >= 0.6 is 0 Å². The number of aromatic carboxylic acids is 1. The van der Waals surface area contributed by atoms with Crippen molar-refractivity contribution in [3.8, 4) is 5.75 Å². The van der Waals surface area contributed by atoms with E-state index in [9.17, 15) is 9.59 Å². The van der Waals surface area contributed by atoms with Crippen LogP contribution in [0.25, 0.3) is 0 Å². The van der Waals surface area contributed by atoms with Crippen molar-refractivity contribution in [2.24, 2.45) is 0 Å². The molecule has 0 spiro atoms. The number of aryl methyl sites for hydroxylation is 1. The Labute approximate surface area is 146 Å². The van der Waals surface area contributed by atoms with Gasteiger partial charge in [-0.05, 0) is 60.7 Å². The fourth-order valence-electron chi connectivity index (χ4n) is 3.15. The number of benzene rings is 2. The molecule has 1 heterocycles. The van der Waals surface area contributed by atoms with Crippen LogP contribution in [-0.4, -0.2) is 30.6 Å². The lowest BCUT2D eigenvalue weighted by Gasteiger charge is -2.23. The predicted octanol–water partition coefficient (Wildman–Crippen LogP) is 3.31. The maximum absolute atomic E-state index is 12.8. The smallest absolute Gasteiger partial charge is 0.335 e. The van der Waals surface area contributed by atoms with Crippen molar-refractivity contribution >= 4 is 17.6 Å². The second kappa shape index (κ2) is 7.38. The van der Waals surface area contributed by atoms with Gasteiger partial charge in [0.15, 0.2) is 0 Å². The van der Waals surface area contributed by atoms with Gasteiger partial charge in [0, 0.05) is 12.2 Å². The number of carbonyl (C=O) groups is 2. The number of nitrogens with zero attached hydrogens (tertiary/aromatic N) is 1. The number of ether oxygens (including phenoxy) is 1. The Kier molecular flexibility index (Phi) is 5.03. The number of fused-ring (bicyclic) bond motifs is 1. The predicted molar refractivity (Wildman–Crippen MR) is 95.4 cm³/mol. The van der Waals surface area contributed by atoms with Gasteiger partial charge in [-0.15, -0.1) is 0 Å². The van der Waals surface area contributed by atoms with Crippen LogP contribution in [0.3, 0.4) is 0 Å². The number of carboxylic acids is 1. The third-order valence-corrected chi connectivity index (χ3v) is 4.51. The summed E-state index contributed by atoms with van der Waals surface area (Å²) in [4.78, 5) is 25.6. The molecular weight excluding hydrogens is 318 g/mol. The van der Waals surface area contributed by atoms with E-state index in [1.807, 2.05) is 23.1 Å². The number of hydrogen-bond donors (Lipinski definition) is 1. The van der Waals surface area contributed by atoms with E-state index in [4.69, 9.17) is 9.84 Å². The second-order valence-electron chi connectivity index (χ2n) is 6.18. The minimum Gasteiger partial charge on any atom is -0.497 e. The highest BCUT2D eigenvalue weighted by atomic mass is 16.5. The lowest BCUT2D eigenvalue weighted by atomic mass is 10.1. The number of rotatable bonds is 4. The van der Waals surface area contributed by atoms with E-state index in [1.165, 1.54) is 12.1 Å². The lowest BCUT2D eigenvalue weighted by molar-refractivity contribution is -0.118. The molecule has 0 radical (unpaired) electrons. The molecule has 0 bridgehead atoms. The summed E-state index contributed by atoms with van der Waals surface area (Å²) in [7, 11) is 1.64. The van der Waals surface area contributed by atoms with Crippen molar-refractivity contribution < 1.29 is 19.4 Å². The first-order valence-electron chi connectivity index (χ1n) is 8.38. The number of carbonyl (C=O) groups excluding carboxylic acids is 1. The van der Waals surface area contributed by atoms with Crippen LogP contribution in [0.4, 0.5) is 5.69 Å². The van der Waals surface area contributed by atoms with Gasteiger partial charge in [0.25, 0.3) is 0 Å². The Bertz CT molecular complexity index is 783. The molecule has 0 aliphatic carbocycles. The first kappa shape index (κ1) is 17.0. The Morgan fingerprint density at radius 3 is 2.56 bits per heavy atom. The minimum atomic E-state index is -0.965. The zero-order valence-electron chi connectivity index (χ0n) is 14.2. The van der Waals surface area contributed by atoms with Gasteiger partial charge in [0.05, 0.1) is 19.1 Å². The van der Waals surface area contributed by atoms with Crippen LogP contribution in [0, 0.1) is 0 Å². The van der Waals surface area contributed by atoms with E-state index in [0.29, 0.717) is 6.54 Å². The van der Waals surface area contributed by atoms with Gasteiger partial charge in [-0.3, -0.25) is 4.79 Å². The first-order valence-corrected chi connectivity index (χ1v) is 8.38. The quantitative estimate of drug-likeness (QED) is 0.928. The molecule has 1 aliphatic heterocycles. The largest absolute Gasteiger partial charge is 0.497 e. The van der Waals surface area contributed by atoms with Crippen molar-refractivity contribution in [3.63, 3.8) is 0 Å². The van der Waals surface area contributed by atoms with Crippen molar-refractivity contribution in [2.45, 2.75) is 25.7 Å². The highest BCUT2D eigenvalue weighted by Crippen LogP contribution is 2.30. The number of methoxy groups -OCH3 is 1. The molecule has 0 saturated heterocycles. The van der Waals surface area contributed by atoms with Crippen molar-refractivity contribution in [3.05, 3.63) is 59.2 Å². The zero-order chi connectivity index (χ0) is 17.8. The van der Waals surface area contributed by atoms with Gasteiger partial charge in [0.1, 0.15) is 5.75 Å². The van der Waals surface area contributed by atoms with Crippen LogP contribution in [0.15, 0.2) is 42.5 Å². The van der Waals surface area contributed by atoms with E-state index < -0.39 is 5.97 Å². The first-order chi connectivity index (χ1) is 12.1. The SMILES string of the molecule is COc1ccc2c(c1)CCCCN2C(=O)Cc1ccc(C(=O)O)cc1. The summed E-state index contributed by atoms with van der Waals surface area (Å²) in [5, 5.41) is 8.96. The van der Waals surface area contributed by atoms with E-state index in [1.54, 1.807) is 19.2 Å². The summed E-state index contributed by atoms with van der Waals surface area (Å²) >= 11 is 0. The molecule has 25 heavy (non-hydrogen) atoms. The summed E-state index contributed by atoms with van der Waals surface area (Å²) in [6.07, 6.45) is 3.19. The van der Waals surface area contributed by atoms with Gasteiger partial charge in [-0.1, -0.05) is 12.1 Å². The number of amides is 1. The lowest BCUT2D eigenvalue weighted by Crippen LogP contribution is -2.33. The number of anilines is 1. The van der Waals surface area contributed by atoms with Gasteiger partial charge >= 0.3 is 5.97 Å². The zero-order valence-corrected chi connectivity index (χ0v) is 14.2. The van der Waals surface area contributed by atoms with E-state index in [-0.39, 0.29) is 17.9 Å². The molecule has 0 fully saturated rings. The van der Waals surface area contributed by atoms with Crippen LogP contribution in [-0.2, 0) is 17.6 Å². The van der Waals surface area contributed by atoms with Crippen molar-refractivity contribution in [1.82, 2.24) is 0 Å². The van der Waals surface area contributed by atoms with Gasteiger partial charge < -0.3 is 14.7 Å².